The number of hydrogen-bond acceptors (Lipinski definition) is 9. The van der Waals surface area contributed by atoms with Crippen molar-refractivity contribution in [2.75, 3.05) is 51.9 Å². The molecule has 1 aromatic rings. The summed E-state index contributed by atoms with van der Waals surface area (Å²) in [4.78, 5) is 39.8. The van der Waals surface area contributed by atoms with Crippen LogP contribution in [0.3, 0.4) is 0 Å². The van der Waals surface area contributed by atoms with Crippen molar-refractivity contribution < 1.29 is 33.3 Å². The summed E-state index contributed by atoms with van der Waals surface area (Å²) in [6.07, 6.45) is 0.0724. The Hall–Kier alpha value is -2.01. The van der Waals surface area contributed by atoms with Crippen LogP contribution in [0.25, 0.3) is 0 Å². The molecule has 1 fully saturated rings. The van der Waals surface area contributed by atoms with Crippen LogP contribution in [0.15, 0.2) is 0 Å². The number of carbonyl (C=O) groups excluding carboxylic acids is 3. The number of thiophene rings is 1. The van der Waals surface area contributed by atoms with E-state index in [1.165, 1.54) is 7.11 Å². The average molecular weight is 443 g/mol. The molecule has 1 N–H and O–H groups in total. The van der Waals surface area contributed by atoms with Gasteiger partial charge in [0.25, 0.3) is 0 Å². The molecule has 0 radical (unpaired) electrons. The van der Waals surface area contributed by atoms with Gasteiger partial charge in [0.2, 0.25) is 5.91 Å². The zero-order valence-corrected chi connectivity index (χ0v) is 18.9. The Labute approximate surface area is 180 Å². The second kappa shape index (κ2) is 11.4. The highest BCUT2D eigenvalue weighted by molar-refractivity contribution is 7.18. The summed E-state index contributed by atoms with van der Waals surface area (Å²) >= 11 is 1.01. The lowest BCUT2D eigenvalue weighted by Crippen LogP contribution is -2.48. The van der Waals surface area contributed by atoms with E-state index in [-0.39, 0.29) is 59.9 Å². The number of amides is 1. The summed E-state index contributed by atoms with van der Waals surface area (Å²) in [7, 11) is 1.51. The minimum atomic E-state index is -0.592. The second-order valence-electron chi connectivity index (χ2n) is 7.11. The molecule has 0 saturated carbocycles. The molecule has 1 aromatic heterocycles. The maximum atomic E-state index is 12.7. The van der Waals surface area contributed by atoms with Gasteiger partial charge >= 0.3 is 11.9 Å². The predicted molar refractivity (Wildman–Crippen MR) is 112 cm³/mol. The molecule has 0 bridgehead atoms. The molecule has 168 valence electrons. The summed E-state index contributed by atoms with van der Waals surface area (Å²) in [6, 6.07) is 0. The summed E-state index contributed by atoms with van der Waals surface area (Å²) < 4.78 is 20.9. The number of morpholine rings is 1. The number of hydrogen-bond donors (Lipinski definition) is 1. The van der Waals surface area contributed by atoms with E-state index in [9.17, 15) is 14.4 Å². The van der Waals surface area contributed by atoms with Crippen molar-refractivity contribution in [3.05, 3.63) is 16.0 Å². The lowest BCUT2D eigenvalue weighted by Gasteiger charge is -2.34. The number of carbonyl (C=O) groups is 3. The lowest BCUT2D eigenvalue weighted by molar-refractivity contribution is -0.121. The van der Waals surface area contributed by atoms with Crippen molar-refractivity contribution in [1.29, 1.82) is 0 Å². The molecule has 1 saturated heterocycles. The fourth-order valence-corrected chi connectivity index (χ4v) is 4.42. The first kappa shape index (κ1) is 24.3. The minimum absolute atomic E-state index is 0.0362. The Bertz CT molecular complexity index is 755. The van der Waals surface area contributed by atoms with Crippen LogP contribution in [0.5, 0.6) is 0 Å². The number of ether oxygens (including phenoxy) is 4. The summed E-state index contributed by atoms with van der Waals surface area (Å²) in [5, 5.41) is 3.06. The van der Waals surface area contributed by atoms with Gasteiger partial charge in [0.15, 0.2) is 0 Å². The van der Waals surface area contributed by atoms with E-state index in [1.54, 1.807) is 13.8 Å². The molecule has 1 aliphatic rings. The maximum absolute atomic E-state index is 12.7. The van der Waals surface area contributed by atoms with Crippen molar-refractivity contribution in [2.45, 2.75) is 39.9 Å². The monoisotopic (exact) mass is 442 g/mol. The SMILES string of the molecule is CCOC(=O)c1c(NC(=O)CN2C[C@@H](C)O[C@@H](C)C2)sc(C(=O)OCCOC)c1C. The number of esters is 2. The third-order valence-corrected chi connectivity index (χ3v) is 5.64. The third kappa shape index (κ3) is 6.49. The van der Waals surface area contributed by atoms with Crippen molar-refractivity contribution in [3.8, 4) is 0 Å². The molecule has 1 amide bonds. The van der Waals surface area contributed by atoms with Gasteiger partial charge in [0.1, 0.15) is 16.5 Å². The van der Waals surface area contributed by atoms with E-state index >= 15 is 0 Å². The number of nitrogens with zero attached hydrogens (tertiary/aromatic N) is 1. The topological polar surface area (TPSA) is 103 Å². The average Bonchev–Trinajstić information content (AvgIpc) is 2.97. The highest BCUT2D eigenvalue weighted by Gasteiger charge is 2.29. The minimum Gasteiger partial charge on any atom is -0.462 e. The van der Waals surface area contributed by atoms with Crippen LogP contribution in [0.2, 0.25) is 0 Å². The first-order valence-corrected chi connectivity index (χ1v) is 10.7. The Morgan fingerprint density at radius 2 is 1.80 bits per heavy atom. The third-order valence-electron chi connectivity index (χ3n) is 4.45. The maximum Gasteiger partial charge on any atom is 0.348 e. The summed E-state index contributed by atoms with van der Waals surface area (Å²) in [5.74, 6) is -1.44. The molecule has 2 atom stereocenters. The zero-order valence-electron chi connectivity index (χ0n) is 18.1. The summed E-state index contributed by atoms with van der Waals surface area (Å²) in [6.45, 7) is 9.23. The van der Waals surface area contributed by atoms with Crippen molar-refractivity contribution in [3.63, 3.8) is 0 Å². The van der Waals surface area contributed by atoms with Gasteiger partial charge in [-0.1, -0.05) is 0 Å². The highest BCUT2D eigenvalue weighted by Crippen LogP contribution is 2.34. The van der Waals surface area contributed by atoms with E-state index in [2.05, 4.69) is 5.32 Å². The Kier molecular flexibility index (Phi) is 9.22. The molecule has 2 heterocycles. The van der Waals surface area contributed by atoms with Gasteiger partial charge in [-0.2, -0.15) is 0 Å². The normalized spacial score (nSPS) is 19.4. The van der Waals surface area contributed by atoms with Crippen LogP contribution >= 0.6 is 11.3 Å². The van der Waals surface area contributed by atoms with Crippen molar-refractivity contribution >= 4 is 34.2 Å². The van der Waals surface area contributed by atoms with Gasteiger partial charge in [0, 0.05) is 20.2 Å². The number of anilines is 1. The molecule has 9 nitrogen and oxygen atoms in total. The molecule has 0 spiro atoms. The first-order valence-electron chi connectivity index (χ1n) is 9.91. The number of methoxy groups -OCH3 is 1. The highest BCUT2D eigenvalue weighted by atomic mass is 32.1. The molecule has 0 aliphatic carbocycles. The molecule has 0 unspecified atom stereocenters. The number of rotatable bonds is 9. The standard InChI is InChI=1S/C20H30N2O7S/c1-6-27-19(24)16-14(4)17(20(25)28-8-7-26-5)30-18(16)21-15(23)11-22-9-12(2)29-13(3)10-22/h12-13H,6-11H2,1-5H3,(H,21,23)/t12-,13+. The van der Waals surface area contributed by atoms with Crippen LogP contribution < -0.4 is 5.32 Å². The largest absolute Gasteiger partial charge is 0.462 e. The predicted octanol–water partition coefficient (Wildman–Crippen LogP) is 2.08. The van der Waals surface area contributed by atoms with Gasteiger partial charge in [-0.25, -0.2) is 9.59 Å². The van der Waals surface area contributed by atoms with Gasteiger partial charge in [-0.3, -0.25) is 9.69 Å². The van der Waals surface area contributed by atoms with Crippen LogP contribution in [-0.4, -0.2) is 81.5 Å². The van der Waals surface area contributed by atoms with E-state index in [0.717, 1.165) is 11.3 Å². The summed E-state index contributed by atoms with van der Waals surface area (Å²) in [5.41, 5.74) is 0.599. The van der Waals surface area contributed by atoms with E-state index < -0.39 is 11.9 Å². The number of nitrogens with one attached hydrogen (secondary N) is 1. The van der Waals surface area contributed by atoms with E-state index in [4.69, 9.17) is 18.9 Å². The molecular weight excluding hydrogens is 412 g/mol. The fraction of sp³-hybridized carbons (Fsp3) is 0.650. The molecule has 30 heavy (non-hydrogen) atoms. The quantitative estimate of drug-likeness (QED) is 0.458. The van der Waals surface area contributed by atoms with Gasteiger partial charge in [0.05, 0.1) is 37.5 Å². The van der Waals surface area contributed by atoms with Crippen LogP contribution in [0.1, 0.15) is 46.4 Å². The molecule has 2 rings (SSSR count). The molecule has 1 aliphatic heterocycles. The molecule has 0 aromatic carbocycles. The van der Waals surface area contributed by atoms with E-state index in [0.29, 0.717) is 18.7 Å². The smallest absolute Gasteiger partial charge is 0.348 e. The lowest BCUT2D eigenvalue weighted by atomic mass is 10.1. The molecule has 10 heteroatoms. The Balaban J connectivity index is 2.17. The fourth-order valence-electron chi connectivity index (χ4n) is 3.31. The van der Waals surface area contributed by atoms with Gasteiger partial charge in [-0.05, 0) is 33.3 Å². The van der Waals surface area contributed by atoms with Gasteiger partial charge in [-0.15, -0.1) is 11.3 Å². The molecular formula is C20H30N2O7S. The zero-order chi connectivity index (χ0) is 22.3. The van der Waals surface area contributed by atoms with E-state index in [1.807, 2.05) is 18.7 Å². The second-order valence-corrected chi connectivity index (χ2v) is 8.13. The first-order chi connectivity index (χ1) is 14.3. The Morgan fingerprint density at radius 3 is 2.40 bits per heavy atom. The Morgan fingerprint density at radius 1 is 1.13 bits per heavy atom. The van der Waals surface area contributed by atoms with Crippen molar-refractivity contribution in [1.82, 2.24) is 4.90 Å². The van der Waals surface area contributed by atoms with Crippen molar-refractivity contribution in [2.24, 2.45) is 0 Å². The van der Waals surface area contributed by atoms with Gasteiger partial charge < -0.3 is 24.3 Å². The van der Waals surface area contributed by atoms with Crippen LogP contribution in [0.4, 0.5) is 5.00 Å². The van der Waals surface area contributed by atoms with Crippen LogP contribution in [-0.2, 0) is 23.7 Å². The van der Waals surface area contributed by atoms with Crippen LogP contribution in [0, 0.1) is 6.92 Å².